The van der Waals surface area contributed by atoms with E-state index in [0.29, 0.717) is 22.9 Å². The van der Waals surface area contributed by atoms with Crippen LogP contribution in [0.15, 0.2) is 66.2 Å². The molecular weight excluding hydrogens is 444 g/mol. The smallest absolute Gasteiger partial charge is 0.270 e. The number of thiocarbonyl (C=S) groups is 1. The van der Waals surface area contributed by atoms with Gasteiger partial charge in [-0.25, -0.2) is 0 Å². The molecule has 0 spiro atoms. The van der Waals surface area contributed by atoms with Crippen LogP contribution in [0.3, 0.4) is 0 Å². The van der Waals surface area contributed by atoms with Crippen LogP contribution in [0.4, 0.5) is 5.69 Å². The quantitative estimate of drug-likeness (QED) is 0.273. The van der Waals surface area contributed by atoms with Crippen molar-refractivity contribution in [1.82, 2.24) is 5.32 Å². The third-order valence-corrected chi connectivity index (χ3v) is 6.33. The van der Waals surface area contributed by atoms with Crippen molar-refractivity contribution in [3.05, 3.63) is 77.4 Å². The lowest BCUT2D eigenvalue weighted by atomic mass is 9.99. The van der Waals surface area contributed by atoms with Crippen molar-refractivity contribution >= 4 is 51.7 Å². The number of amides is 2. The number of fused-ring (bicyclic) bond motifs is 1. The Labute approximate surface area is 205 Å². The Bertz CT molecular complexity index is 1290. The van der Waals surface area contributed by atoms with Crippen molar-refractivity contribution < 1.29 is 14.3 Å². The van der Waals surface area contributed by atoms with Crippen molar-refractivity contribution in [1.29, 1.82) is 0 Å². The molecular formula is C28H28N2O3S. The largest absolute Gasteiger partial charge is 0.490 e. The minimum absolute atomic E-state index is 0.00638. The van der Waals surface area contributed by atoms with Crippen molar-refractivity contribution in [2.24, 2.45) is 0 Å². The van der Waals surface area contributed by atoms with Gasteiger partial charge in [-0.2, -0.15) is 0 Å². The van der Waals surface area contributed by atoms with Crippen LogP contribution in [0.5, 0.6) is 5.75 Å². The lowest BCUT2D eigenvalue weighted by Gasteiger charge is -2.29. The molecule has 0 aliphatic carbocycles. The summed E-state index contributed by atoms with van der Waals surface area (Å²) < 4.78 is 6.16. The topological polar surface area (TPSA) is 58.6 Å². The minimum atomic E-state index is -0.521. The van der Waals surface area contributed by atoms with E-state index in [4.69, 9.17) is 17.0 Å². The van der Waals surface area contributed by atoms with E-state index in [9.17, 15) is 9.59 Å². The fourth-order valence-corrected chi connectivity index (χ4v) is 4.15. The number of nitrogens with zero attached hydrogens (tertiary/aromatic N) is 1. The number of hydrogen-bond donors (Lipinski definition) is 1. The zero-order chi connectivity index (χ0) is 24.4. The van der Waals surface area contributed by atoms with Crippen LogP contribution < -0.4 is 15.0 Å². The second-order valence-corrected chi connectivity index (χ2v) is 9.13. The van der Waals surface area contributed by atoms with Gasteiger partial charge in [0.2, 0.25) is 0 Å². The molecule has 1 saturated heterocycles. The van der Waals surface area contributed by atoms with Gasteiger partial charge in [0.05, 0.1) is 11.8 Å². The Balaban J connectivity index is 1.81. The Hall–Kier alpha value is -3.51. The van der Waals surface area contributed by atoms with Gasteiger partial charge in [-0.3, -0.25) is 19.8 Å². The number of nitrogens with one attached hydrogen (secondary N) is 1. The standard InChI is InChI=1S/C28H28N2O3S/c1-5-18(4)33-25-15-12-20-8-6-7-9-22(20)23(25)16-24-26(31)29-28(34)30(27(24)32)21-13-10-19(11-14-21)17(2)3/h6-18H,5H2,1-4H3,(H,29,31,34)/b24-16+/t18-/m1/s1. The second-order valence-electron chi connectivity index (χ2n) is 8.74. The van der Waals surface area contributed by atoms with Crippen LogP contribution in [0.2, 0.25) is 0 Å². The zero-order valence-corrected chi connectivity index (χ0v) is 20.6. The molecule has 2 amide bonds. The number of anilines is 1. The van der Waals surface area contributed by atoms with Crippen molar-refractivity contribution in [2.45, 2.75) is 46.1 Å². The summed E-state index contributed by atoms with van der Waals surface area (Å²) in [4.78, 5) is 27.8. The SMILES string of the molecule is CC[C@@H](C)Oc1ccc2ccccc2c1/C=C1\C(=O)NC(=S)N(c2ccc(C(C)C)cc2)C1=O. The molecule has 1 aliphatic rings. The number of hydrogen-bond acceptors (Lipinski definition) is 4. The molecule has 34 heavy (non-hydrogen) atoms. The fraction of sp³-hybridized carbons (Fsp3) is 0.250. The molecule has 1 heterocycles. The van der Waals surface area contributed by atoms with E-state index in [1.807, 2.05) is 74.5 Å². The number of ether oxygens (including phenoxy) is 1. The maximum atomic E-state index is 13.6. The molecule has 174 valence electrons. The average Bonchev–Trinajstić information content (AvgIpc) is 2.82. The Morgan fingerprint density at radius 3 is 2.38 bits per heavy atom. The molecule has 4 rings (SSSR count). The summed E-state index contributed by atoms with van der Waals surface area (Å²) in [7, 11) is 0. The highest BCUT2D eigenvalue weighted by Crippen LogP contribution is 2.33. The number of benzene rings is 3. The number of carbonyl (C=O) groups excluding carboxylic acids is 2. The van der Waals surface area contributed by atoms with Crippen LogP contribution in [-0.4, -0.2) is 23.0 Å². The fourth-order valence-electron chi connectivity index (χ4n) is 3.87. The molecule has 1 fully saturated rings. The van der Waals surface area contributed by atoms with Crippen LogP contribution in [0, 0.1) is 0 Å². The second kappa shape index (κ2) is 9.77. The molecule has 3 aromatic carbocycles. The predicted molar refractivity (Wildman–Crippen MR) is 141 cm³/mol. The van der Waals surface area contributed by atoms with E-state index >= 15 is 0 Å². The van der Waals surface area contributed by atoms with Gasteiger partial charge in [-0.05, 0) is 72.1 Å². The predicted octanol–water partition coefficient (Wildman–Crippen LogP) is 5.97. The highest BCUT2D eigenvalue weighted by atomic mass is 32.1. The van der Waals surface area contributed by atoms with Gasteiger partial charge in [0.25, 0.3) is 11.8 Å². The lowest BCUT2D eigenvalue weighted by molar-refractivity contribution is -0.122. The van der Waals surface area contributed by atoms with E-state index in [1.54, 1.807) is 6.08 Å². The van der Waals surface area contributed by atoms with Gasteiger partial charge in [0.1, 0.15) is 11.3 Å². The lowest BCUT2D eigenvalue weighted by Crippen LogP contribution is -2.54. The average molecular weight is 473 g/mol. The van der Waals surface area contributed by atoms with Gasteiger partial charge in [-0.15, -0.1) is 0 Å². The van der Waals surface area contributed by atoms with Gasteiger partial charge in [-0.1, -0.05) is 63.2 Å². The highest BCUT2D eigenvalue weighted by Gasteiger charge is 2.35. The Morgan fingerprint density at radius 1 is 1.00 bits per heavy atom. The Morgan fingerprint density at radius 2 is 1.71 bits per heavy atom. The van der Waals surface area contributed by atoms with Gasteiger partial charge >= 0.3 is 0 Å². The summed E-state index contributed by atoms with van der Waals surface area (Å²) in [6, 6.07) is 19.3. The zero-order valence-electron chi connectivity index (χ0n) is 19.8. The first-order chi connectivity index (χ1) is 16.3. The monoisotopic (exact) mass is 472 g/mol. The summed E-state index contributed by atoms with van der Waals surface area (Å²) in [5.41, 5.74) is 2.47. The highest BCUT2D eigenvalue weighted by molar-refractivity contribution is 7.80. The molecule has 6 heteroatoms. The van der Waals surface area contributed by atoms with E-state index in [1.165, 1.54) is 4.90 Å². The number of rotatable bonds is 6. The molecule has 0 radical (unpaired) electrons. The molecule has 0 aromatic heterocycles. The van der Waals surface area contributed by atoms with Crippen LogP contribution in [0.1, 0.15) is 51.2 Å². The van der Waals surface area contributed by atoms with Gasteiger partial charge in [0.15, 0.2) is 5.11 Å². The van der Waals surface area contributed by atoms with Gasteiger partial charge < -0.3 is 4.74 Å². The van der Waals surface area contributed by atoms with Gasteiger partial charge in [0, 0.05) is 5.56 Å². The first-order valence-electron chi connectivity index (χ1n) is 11.5. The van der Waals surface area contributed by atoms with Crippen molar-refractivity contribution in [3.8, 4) is 5.75 Å². The number of carbonyl (C=O) groups is 2. The molecule has 1 N–H and O–H groups in total. The normalized spacial score (nSPS) is 16.3. The molecule has 0 saturated carbocycles. The van der Waals surface area contributed by atoms with Crippen LogP contribution in [0.25, 0.3) is 16.8 Å². The first-order valence-corrected chi connectivity index (χ1v) is 11.9. The molecule has 0 bridgehead atoms. The maximum Gasteiger partial charge on any atom is 0.270 e. The van der Waals surface area contributed by atoms with Crippen molar-refractivity contribution in [2.75, 3.05) is 4.90 Å². The first kappa shape index (κ1) is 23.6. The van der Waals surface area contributed by atoms with E-state index < -0.39 is 11.8 Å². The Kier molecular flexibility index (Phi) is 6.80. The molecule has 1 aliphatic heterocycles. The van der Waals surface area contributed by atoms with Crippen LogP contribution >= 0.6 is 12.2 Å². The van der Waals surface area contributed by atoms with E-state index in [2.05, 4.69) is 19.2 Å². The summed E-state index contributed by atoms with van der Waals surface area (Å²) in [5, 5.41) is 4.63. The third-order valence-electron chi connectivity index (χ3n) is 6.04. The van der Waals surface area contributed by atoms with E-state index in [0.717, 1.165) is 22.8 Å². The van der Waals surface area contributed by atoms with E-state index in [-0.39, 0.29) is 16.8 Å². The summed E-state index contributed by atoms with van der Waals surface area (Å²) in [6.45, 7) is 8.25. The summed E-state index contributed by atoms with van der Waals surface area (Å²) >= 11 is 5.36. The molecule has 5 nitrogen and oxygen atoms in total. The van der Waals surface area contributed by atoms with Crippen LogP contribution in [-0.2, 0) is 9.59 Å². The maximum absolute atomic E-state index is 13.6. The third kappa shape index (κ3) is 4.59. The molecule has 3 aromatic rings. The minimum Gasteiger partial charge on any atom is -0.490 e. The summed E-state index contributed by atoms with van der Waals surface area (Å²) in [5.74, 6) is 0.00611. The van der Waals surface area contributed by atoms with Crippen molar-refractivity contribution in [3.63, 3.8) is 0 Å². The molecule has 0 unspecified atom stereocenters. The summed E-state index contributed by atoms with van der Waals surface area (Å²) in [6.07, 6.45) is 2.43. The molecule has 1 atom stereocenters.